The summed E-state index contributed by atoms with van der Waals surface area (Å²) in [5.41, 5.74) is 1.29. The molecule has 2 rings (SSSR count). The summed E-state index contributed by atoms with van der Waals surface area (Å²) in [7, 11) is 1.69. The van der Waals surface area contributed by atoms with E-state index in [2.05, 4.69) is 71.7 Å². The zero-order chi connectivity index (χ0) is 15.2. The first-order valence-electron chi connectivity index (χ1n) is 7.03. The van der Waals surface area contributed by atoms with Gasteiger partial charge in [0, 0.05) is 32.1 Å². The molecule has 0 unspecified atom stereocenters. The molecule has 0 spiro atoms. The van der Waals surface area contributed by atoms with Gasteiger partial charge in [0.05, 0.1) is 7.11 Å². The van der Waals surface area contributed by atoms with Crippen molar-refractivity contribution in [2.45, 2.75) is 23.6 Å². The molecular weight excluding hydrogens is 393 g/mol. The van der Waals surface area contributed by atoms with Gasteiger partial charge in [-0.3, -0.25) is 0 Å². The molecule has 0 heterocycles. The van der Waals surface area contributed by atoms with Crippen LogP contribution in [0.3, 0.4) is 0 Å². The molecule has 0 fully saturated rings. The Kier molecular flexibility index (Phi) is 6.23. The molecule has 0 bridgehead atoms. The number of ether oxygens (including phenoxy) is 1. The molecule has 0 saturated carbocycles. The number of halogens is 1. The maximum Gasteiger partial charge on any atom is 0.118 e. The van der Waals surface area contributed by atoms with Crippen LogP contribution in [0, 0.1) is 3.57 Å². The van der Waals surface area contributed by atoms with E-state index in [9.17, 15) is 0 Å². The van der Waals surface area contributed by atoms with Crippen molar-refractivity contribution in [3.05, 3.63) is 46.0 Å². The van der Waals surface area contributed by atoms with Crippen molar-refractivity contribution in [3.63, 3.8) is 0 Å². The van der Waals surface area contributed by atoms with Gasteiger partial charge in [-0.15, -0.1) is 0 Å². The van der Waals surface area contributed by atoms with Crippen molar-refractivity contribution in [1.82, 2.24) is 0 Å². The monoisotopic (exact) mass is 413 g/mol. The molecule has 0 amide bonds. The molecule has 2 aromatic carbocycles. The van der Waals surface area contributed by atoms with Gasteiger partial charge in [-0.05, 0) is 78.9 Å². The van der Waals surface area contributed by atoms with E-state index < -0.39 is 0 Å². The summed E-state index contributed by atoms with van der Waals surface area (Å²) in [6, 6.07) is 14.9. The molecule has 0 N–H and O–H groups in total. The maximum atomic E-state index is 5.20. The third kappa shape index (κ3) is 4.54. The highest BCUT2D eigenvalue weighted by Gasteiger charge is 2.06. The molecule has 0 aromatic heterocycles. The lowest BCUT2D eigenvalue weighted by Crippen LogP contribution is -2.21. The Bertz CT molecular complexity index is 582. The van der Waals surface area contributed by atoms with E-state index in [0.29, 0.717) is 0 Å². The van der Waals surface area contributed by atoms with E-state index in [1.807, 2.05) is 12.1 Å². The van der Waals surface area contributed by atoms with Gasteiger partial charge in [-0.2, -0.15) is 0 Å². The van der Waals surface area contributed by atoms with E-state index in [1.54, 1.807) is 18.9 Å². The van der Waals surface area contributed by atoms with Crippen molar-refractivity contribution >= 4 is 40.0 Å². The highest BCUT2D eigenvalue weighted by atomic mass is 127. The first-order chi connectivity index (χ1) is 10.2. The summed E-state index contributed by atoms with van der Waals surface area (Å²) in [4.78, 5) is 4.87. The normalized spacial score (nSPS) is 10.5. The summed E-state index contributed by atoms with van der Waals surface area (Å²) in [6.45, 7) is 6.45. The molecule has 0 aliphatic heterocycles. The maximum absolute atomic E-state index is 5.20. The number of anilines is 1. The van der Waals surface area contributed by atoms with Crippen molar-refractivity contribution in [2.75, 3.05) is 25.1 Å². The van der Waals surface area contributed by atoms with Crippen LogP contribution in [0.2, 0.25) is 0 Å². The fourth-order valence-corrected chi connectivity index (χ4v) is 3.93. The topological polar surface area (TPSA) is 12.5 Å². The second kappa shape index (κ2) is 7.94. The Balaban J connectivity index is 2.22. The third-order valence-corrected chi connectivity index (χ3v) is 4.88. The van der Waals surface area contributed by atoms with Gasteiger partial charge < -0.3 is 9.64 Å². The largest absolute Gasteiger partial charge is 0.497 e. The summed E-state index contributed by atoms with van der Waals surface area (Å²) < 4.78 is 6.47. The molecule has 4 heteroatoms. The summed E-state index contributed by atoms with van der Waals surface area (Å²) >= 11 is 4.18. The minimum atomic E-state index is 0.894. The predicted octanol–water partition coefficient (Wildman–Crippen LogP) is 5.30. The standard InChI is InChI=1S/C17H20INOS/c1-4-19(5-2)14-10-13(18)11-17(12-14)21-16-8-6-15(20-3)7-9-16/h6-12H,4-5H2,1-3H3. The van der Waals surface area contributed by atoms with E-state index in [1.165, 1.54) is 19.0 Å². The lowest BCUT2D eigenvalue weighted by Gasteiger charge is -2.22. The van der Waals surface area contributed by atoms with Crippen LogP contribution < -0.4 is 9.64 Å². The molecule has 0 aliphatic rings. The van der Waals surface area contributed by atoms with Gasteiger partial charge in [-0.1, -0.05) is 11.8 Å². The van der Waals surface area contributed by atoms with E-state index in [0.717, 1.165) is 18.8 Å². The smallest absolute Gasteiger partial charge is 0.118 e. The highest BCUT2D eigenvalue weighted by Crippen LogP contribution is 2.33. The van der Waals surface area contributed by atoms with Crippen molar-refractivity contribution in [3.8, 4) is 5.75 Å². The zero-order valence-electron chi connectivity index (χ0n) is 12.6. The van der Waals surface area contributed by atoms with Crippen LogP contribution in [-0.2, 0) is 0 Å². The average Bonchev–Trinajstić information content (AvgIpc) is 2.49. The summed E-state index contributed by atoms with van der Waals surface area (Å²) in [5, 5.41) is 0. The van der Waals surface area contributed by atoms with E-state index >= 15 is 0 Å². The number of nitrogens with zero attached hydrogens (tertiary/aromatic N) is 1. The Hall–Kier alpha value is -0.880. The summed E-state index contributed by atoms with van der Waals surface area (Å²) in [6.07, 6.45) is 0. The van der Waals surface area contributed by atoms with Gasteiger partial charge in [0.1, 0.15) is 5.75 Å². The Morgan fingerprint density at radius 3 is 2.24 bits per heavy atom. The Morgan fingerprint density at radius 1 is 1.00 bits per heavy atom. The highest BCUT2D eigenvalue weighted by molar-refractivity contribution is 14.1. The van der Waals surface area contributed by atoms with Crippen LogP contribution in [-0.4, -0.2) is 20.2 Å². The number of rotatable bonds is 6. The average molecular weight is 413 g/mol. The number of hydrogen-bond acceptors (Lipinski definition) is 3. The number of hydrogen-bond donors (Lipinski definition) is 0. The molecule has 112 valence electrons. The van der Waals surface area contributed by atoms with Gasteiger partial charge in [0.15, 0.2) is 0 Å². The lowest BCUT2D eigenvalue weighted by atomic mass is 10.3. The van der Waals surface area contributed by atoms with Crippen molar-refractivity contribution in [2.24, 2.45) is 0 Å². The minimum absolute atomic E-state index is 0.894. The molecule has 21 heavy (non-hydrogen) atoms. The van der Waals surface area contributed by atoms with Crippen LogP contribution in [0.4, 0.5) is 5.69 Å². The van der Waals surface area contributed by atoms with Crippen LogP contribution in [0.5, 0.6) is 5.75 Å². The van der Waals surface area contributed by atoms with Crippen LogP contribution >= 0.6 is 34.4 Å². The van der Waals surface area contributed by atoms with Gasteiger partial charge >= 0.3 is 0 Å². The van der Waals surface area contributed by atoms with Gasteiger partial charge in [0.2, 0.25) is 0 Å². The van der Waals surface area contributed by atoms with Crippen molar-refractivity contribution < 1.29 is 4.74 Å². The van der Waals surface area contributed by atoms with Gasteiger partial charge in [-0.25, -0.2) is 0 Å². The summed E-state index contributed by atoms with van der Waals surface area (Å²) in [5.74, 6) is 0.894. The Morgan fingerprint density at radius 2 is 1.67 bits per heavy atom. The van der Waals surface area contributed by atoms with Gasteiger partial charge in [0.25, 0.3) is 0 Å². The van der Waals surface area contributed by atoms with Crippen LogP contribution in [0.15, 0.2) is 52.3 Å². The second-order valence-corrected chi connectivity index (χ2v) is 6.99. The lowest BCUT2D eigenvalue weighted by molar-refractivity contribution is 0.414. The van der Waals surface area contributed by atoms with Crippen molar-refractivity contribution in [1.29, 1.82) is 0 Å². The molecule has 0 atom stereocenters. The zero-order valence-corrected chi connectivity index (χ0v) is 15.6. The fraction of sp³-hybridized carbons (Fsp3) is 0.294. The molecule has 0 saturated heterocycles. The second-order valence-electron chi connectivity index (χ2n) is 4.60. The molecule has 2 aromatic rings. The SMILES string of the molecule is CCN(CC)c1cc(I)cc(Sc2ccc(OC)cc2)c1. The quantitative estimate of drug-likeness (QED) is 0.597. The number of methoxy groups -OCH3 is 1. The van der Waals surface area contributed by atoms with Crippen LogP contribution in [0.1, 0.15) is 13.8 Å². The number of benzene rings is 2. The van der Waals surface area contributed by atoms with E-state index in [-0.39, 0.29) is 0 Å². The molecular formula is C17H20INOS. The van der Waals surface area contributed by atoms with Crippen LogP contribution in [0.25, 0.3) is 0 Å². The predicted molar refractivity (Wildman–Crippen MR) is 99.8 cm³/mol. The minimum Gasteiger partial charge on any atom is -0.497 e. The molecule has 0 radical (unpaired) electrons. The van der Waals surface area contributed by atoms with E-state index in [4.69, 9.17) is 4.74 Å². The fourth-order valence-electron chi connectivity index (χ4n) is 2.16. The first-order valence-corrected chi connectivity index (χ1v) is 8.93. The first kappa shape index (κ1) is 16.5. The third-order valence-electron chi connectivity index (χ3n) is 3.28. The Labute approximate surface area is 145 Å². The molecule has 2 nitrogen and oxygen atoms in total. The molecule has 0 aliphatic carbocycles.